The Labute approximate surface area is 155 Å². The molecule has 0 atom stereocenters. The lowest BCUT2D eigenvalue weighted by Crippen LogP contribution is -2.41. The molecule has 1 saturated heterocycles. The minimum atomic E-state index is -0.397. The first-order chi connectivity index (χ1) is 12.6. The van der Waals surface area contributed by atoms with Gasteiger partial charge in [-0.1, -0.05) is 0 Å². The molecule has 7 nitrogen and oxygen atoms in total. The van der Waals surface area contributed by atoms with E-state index < -0.39 is 4.92 Å². The van der Waals surface area contributed by atoms with E-state index in [1.807, 2.05) is 17.0 Å². The first-order valence-electron chi connectivity index (χ1n) is 8.53. The van der Waals surface area contributed by atoms with Gasteiger partial charge in [-0.15, -0.1) is 11.3 Å². The van der Waals surface area contributed by atoms with Crippen molar-refractivity contribution in [2.75, 3.05) is 32.8 Å². The maximum atomic E-state index is 12.1. The average Bonchev–Trinajstić information content (AvgIpc) is 3.15. The number of morpholine rings is 1. The van der Waals surface area contributed by atoms with Crippen molar-refractivity contribution in [3.8, 4) is 10.4 Å². The van der Waals surface area contributed by atoms with Crippen molar-refractivity contribution in [2.45, 2.75) is 13.0 Å². The molecule has 1 N–H and O–H groups in total. The number of carbonyl (C=O) groups is 1. The van der Waals surface area contributed by atoms with Crippen LogP contribution >= 0.6 is 11.3 Å². The smallest absolute Gasteiger partial charge is 0.269 e. The molecule has 1 aliphatic rings. The van der Waals surface area contributed by atoms with Crippen molar-refractivity contribution < 1.29 is 14.5 Å². The van der Waals surface area contributed by atoms with E-state index in [0.29, 0.717) is 45.8 Å². The van der Waals surface area contributed by atoms with Crippen LogP contribution in [0.5, 0.6) is 0 Å². The number of hydrogen-bond donors (Lipinski definition) is 1. The molecular formula is C18H21N3O4S. The standard InChI is InChI=1S/C18H21N3O4S/c22-18(20-9-11-25-12-10-20)7-8-19-13-16-5-6-17(26-16)14-1-3-15(4-2-14)21(23)24/h1-6,19H,7-13H2. The number of non-ortho nitro benzene ring substituents is 1. The van der Waals surface area contributed by atoms with E-state index >= 15 is 0 Å². The zero-order chi connectivity index (χ0) is 18.4. The molecular weight excluding hydrogens is 354 g/mol. The SMILES string of the molecule is O=C(CCNCc1ccc(-c2ccc([N+](=O)[O-])cc2)s1)N1CCOCC1. The van der Waals surface area contributed by atoms with Gasteiger partial charge in [-0.05, 0) is 29.8 Å². The third kappa shape index (κ3) is 4.87. The van der Waals surface area contributed by atoms with Crippen LogP contribution in [0, 0.1) is 10.1 Å². The summed E-state index contributed by atoms with van der Waals surface area (Å²) in [6, 6.07) is 10.6. The monoisotopic (exact) mass is 375 g/mol. The quantitative estimate of drug-likeness (QED) is 0.457. The van der Waals surface area contributed by atoms with Crippen LogP contribution < -0.4 is 5.32 Å². The normalized spacial score (nSPS) is 14.4. The second-order valence-corrected chi connectivity index (χ2v) is 7.16. The number of nitrogens with zero attached hydrogens (tertiary/aromatic N) is 2. The number of nitro groups is 1. The lowest BCUT2D eigenvalue weighted by Gasteiger charge is -2.26. The summed E-state index contributed by atoms with van der Waals surface area (Å²) in [6.07, 6.45) is 0.487. The van der Waals surface area contributed by atoms with Crippen LogP contribution in [0.2, 0.25) is 0 Å². The second kappa shape index (κ2) is 8.88. The first-order valence-corrected chi connectivity index (χ1v) is 9.35. The molecule has 0 spiro atoms. The van der Waals surface area contributed by atoms with Crippen LogP contribution in [-0.4, -0.2) is 48.6 Å². The van der Waals surface area contributed by atoms with Crippen molar-refractivity contribution in [1.29, 1.82) is 0 Å². The van der Waals surface area contributed by atoms with Crippen LogP contribution in [0.1, 0.15) is 11.3 Å². The first kappa shape index (κ1) is 18.5. The lowest BCUT2D eigenvalue weighted by molar-refractivity contribution is -0.384. The molecule has 1 fully saturated rings. The van der Waals surface area contributed by atoms with E-state index in [-0.39, 0.29) is 11.6 Å². The highest BCUT2D eigenvalue weighted by molar-refractivity contribution is 7.15. The van der Waals surface area contributed by atoms with Crippen molar-refractivity contribution in [1.82, 2.24) is 10.2 Å². The summed E-state index contributed by atoms with van der Waals surface area (Å²) in [5.74, 6) is 0.165. The Kier molecular flexibility index (Phi) is 6.32. The fourth-order valence-corrected chi connectivity index (χ4v) is 3.74. The number of rotatable bonds is 7. The second-order valence-electron chi connectivity index (χ2n) is 5.99. The van der Waals surface area contributed by atoms with Gasteiger partial charge in [0.2, 0.25) is 5.91 Å². The Hall–Kier alpha value is -2.29. The number of thiophene rings is 1. The van der Waals surface area contributed by atoms with Crippen molar-refractivity contribution in [3.63, 3.8) is 0 Å². The van der Waals surface area contributed by atoms with Gasteiger partial charge in [0.25, 0.3) is 5.69 Å². The predicted octanol–water partition coefficient (Wildman–Crippen LogP) is 2.66. The van der Waals surface area contributed by atoms with Crippen LogP contribution in [0.15, 0.2) is 36.4 Å². The van der Waals surface area contributed by atoms with E-state index in [2.05, 4.69) is 5.32 Å². The van der Waals surface area contributed by atoms with Crippen molar-refractivity contribution in [3.05, 3.63) is 51.4 Å². The Morgan fingerprint density at radius 3 is 2.62 bits per heavy atom. The van der Waals surface area contributed by atoms with Crippen LogP contribution in [0.25, 0.3) is 10.4 Å². The van der Waals surface area contributed by atoms with Crippen molar-refractivity contribution in [2.24, 2.45) is 0 Å². The molecule has 3 rings (SSSR count). The Bertz CT molecular complexity index is 754. The summed E-state index contributed by atoms with van der Waals surface area (Å²) in [6.45, 7) is 3.96. The molecule has 138 valence electrons. The van der Waals surface area contributed by atoms with Crippen LogP contribution in [0.3, 0.4) is 0 Å². The van der Waals surface area contributed by atoms with E-state index in [9.17, 15) is 14.9 Å². The molecule has 0 saturated carbocycles. The van der Waals surface area contributed by atoms with Gasteiger partial charge in [0, 0.05) is 54.5 Å². The molecule has 1 aliphatic heterocycles. The highest BCUT2D eigenvalue weighted by atomic mass is 32.1. The molecule has 26 heavy (non-hydrogen) atoms. The van der Waals surface area contributed by atoms with E-state index in [1.54, 1.807) is 23.5 Å². The summed E-state index contributed by atoms with van der Waals surface area (Å²) < 4.78 is 5.25. The fraction of sp³-hybridized carbons (Fsp3) is 0.389. The number of benzene rings is 1. The zero-order valence-electron chi connectivity index (χ0n) is 14.3. The van der Waals surface area contributed by atoms with Gasteiger partial charge < -0.3 is 15.0 Å². The van der Waals surface area contributed by atoms with Gasteiger partial charge in [0.15, 0.2) is 0 Å². The maximum Gasteiger partial charge on any atom is 0.269 e. The molecule has 1 aromatic carbocycles. The highest BCUT2D eigenvalue weighted by Crippen LogP contribution is 2.29. The number of carbonyl (C=O) groups excluding carboxylic acids is 1. The number of amides is 1. The molecule has 0 unspecified atom stereocenters. The molecule has 1 amide bonds. The number of nitro benzene ring substituents is 1. The Morgan fingerprint density at radius 1 is 1.19 bits per heavy atom. The summed E-state index contributed by atoms with van der Waals surface area (Å²) in [4.78, 5) is 26.5. The van der Waals surface area contributed by atoms with Gasteiger partial charge in [-0.3, -0.25) is 14.9 Å². The summed E-state index contributed by atoms with van der Waals surface area (Å²) in [5, 5.41) is 14.0. The summed E-state index contributed by atoms with van der Waals surface area (Å²) >= 11 is 1.64. The fourth-order valence-electron chi connectivity index (χ4n) is 2.75. The zero-order valence-corrected chi connectivity index (χ0v) is 15.2. The summed E-state index contributed by atoms with van der Waals surface area (Å²) in [7, 11) is 0. The van der Waals surface area contributed by atoms with Crippen LogP contribution in [-0.2, 0) is 16.1 Å². The minimum Gasteiger partial charge on any atom is -0.378 e. The van der Waals surface area contributed by atoms with E-state index in [4.69, 9.17) is 4.74 Å². The number of hydrogen-bond acceptors (Lipinski definition) is 6. The Balaban J connectivity index is 1.45. The number of ether oxygens (including phenoxy) is 1. The van der Waals surface area contributed by atoms with Crippen molar-refractivity contribution >= 4 is 22.9 Å². The average molecular weight is 375 g/mol. The lowest BCUT2D eigenvalue weighted by atomic mass is 10.2. The largest absolute Gasteiger partial charge is 0.378 e. The highest BCUT2D eigenvalue weighted by Gasteiger charge is 2.16. The predicted molar refractivity (Wildman–Crippen MR) is 100 cm³/mol. The van der Waals surface area contributed by atoms with Gasteiger partial charge in [-0.25, -0.2) is 0 Å². The van der Waals surface area contributed by atoms with E-state index in [1.165, 1.54) is 12.1 Å². The maximum absolute atomic E-state index is 12.1. The molecule has 0 aliphatic carbocycles. The number of nitrogens with one attached hydrogen (secondary N) is 1. The van der Waals surface area contributed by atoms with Gasteiger partial charge in [-0.2, -0.15) is 0 Å². The van der Waals surface area contributed by atoms with Gasteiger partial charge >= 0.3 is 0 Å². The molecule has 2 heterocycles. The molecule has 2 aromatic rings. The third-order valence-electron chi connectivity index (χ3n) is 4.20. The topological polar surface area (TPSA) is 84.7 Å². The van der Waals surface area contributed by atoms with Gasteiger partial charge in [0.05, 0.1) is 18.1 Å². The van der Waals surface area contributed by atoms with Crippen LogP contribution in [0.4, 0.5) is 5.69 Å². The van der Waals surface area contributed by atoms with E-state index in [0.717, 1.165) is 15.3 Å². The molecule has 0 bridgehead atoms. The summed E-state index contributed by atoms with van der Waals surface area (Å²) in [5.41, 5.74) is 1.06. The van der Waals surface area contributed by atoms with Gasteiger partial charge in [0.1, 0.15) is 0 Å². The molecule has 0 radical (unpaired) electrons. The third-order valence-corrected chi connectivity index (χ3v) is 5.34. The molecule has 8 heteroatoms. The molecule has 1 aromatic heterocycles. The Morgan fingerprint density at radius 2 is 1.92 bits per heavy atom. The minimum absolute atomic E-state index is 0.0946.